The second-order valence-corrected chi connectivity index (χ2v) is 2.93. The molecule has 1 atom stereocenters. The van der Waals surface area contributed by atoms with Crippen molar-refractivity contribution in [2.45, 2.75) is 20.0 Å². The summed E-state index contributed by atoms with van der Waals surface area (Å²) in [5, 5.41) is 12.2. The second kappa shape index (κ2) is 1.71. The summed E-state index contributed by atoms with van der Waals surface area (Å²) in [6, 6.07) is 0. The van der Waals surface area contributed by atoms with Crippen LogP contribution in [0.2, 0.25) is 0 Å². The first kappa shape index (κ1) is 6.05. The van der Waals surface area contributed by atoms with Gasteiger partial charge in [-0.3, -0.25) is 0 Å². The van der Waals surface area contributed by atoms with Gasteiger partial charge < -0.3 is 10.4 Å². The lowest BCUT2D eigenvalue weighted by Gasteiger charge is -2.41. The topological polar surface area (TPSA) is 32.3 Å². The minimum atomic E-state index is -0.163. The summed E-state index contributed by atoms with van der Waals surface area (Å²) in [7, 11) is 0. The molecule has 1 rings (SSSR count). The predicted molar refractivity (Wildman–Crippen MR) is 32.7 cm³/mol. The summed E-state index contributed by atoms with van der Waals surface area (Å²) < 4.78 is 0. The van der Waals surface area contributed by atoms with E-state index in [9.17, 15) is 0 Å². The third-order valence-electron chi connectivity index (χ3n) is 2.07. The van der Waals surface area contributed by atoms with Crippen LogP contribution in [-0.2, 0) is 0 Å². The van der Waals surface area contributed by atoms with Crippen LogP contribution >= 0.6 is 0 Å². The first-order chi connectivity index (χ1) is 3.65. The molecule has 0 radical (unpaired) electrons. The lowest BCUT2D eigenvalue weighted by atomic mass is 9.79. The molecule has 2 nitrogen and oxygen atoms in total. The number of nitrogens with one attached hydrogen (secondary N) is 1. The summed E-state index contributed by atoms with van der Waals surface area (Å²) in [6.45, 7) is 5.87. The standard InChI is InChI=1S/C6H13NO/c1-5(8)6(2)3-7-4-6/h5,7-8H,3-4H2,1-2H3. The van der Waals surface area contributed by atoms with Gasteiger partial charge in [0.05, 0.1) is 6.10 Å². The fourth-order valence-corrected chi connectivity index (χ4v) is 0.815. The molecule has 8 heavy (non-hydrogen) atoms. The van der Waals surface area contributed by atoms with Crippen LogP contribution in [0.1, 0.15) is 13.8 Å². The van der Waals surface area contributed by atoms with Gasteiger partial charge in [0.1, 0.15) is 0 Å². The molecule has 1 heterocycles. The predicted octanol–water partition coefficient (Wildman–Crippen LogP) is -0.0233. The van der Waals surface area contributed by atoms with Crippen LogP contribution in [0.5, 0.6) is 0 Å². The number of rotatable bonds is 1. The highest BCUT2D eigenvalue weighted by atomic mass is 16.3. The molecule has 1 saturated heterocycles. The van der Waals surface area contributed by atoms with Crippen molar-refractivity contribution >= 4 is 0 Å². The molecule has 0 bridgehead atoms. The highest BCUT2D eigenvalue weighted by Gasteiger charge is 2.35. The molecule has 1 aliphatic heterocycles. The van der Waals surface area contributed by atoms with Crippen LogP contribution in [0.4, 0.5) is 0 Å². The Morgan fingerprint density at radius 3 is 2.12 bits per heavy atom. The van der Waals surface area contributed by atoms with E-state index in [1.807, 2.05) is 6.92 Å². The van der Waals surface area contributed by atoms with Crippen molar-refractivity contribution in [3.63, 3.8) is 0 Å². The van der Waals surface area contributed by atoms with Gasteiger partial charge in [0.15, 0.2) is 0 Å². The molecule has 0 aromatic carbocycles. The Balaban J connectivity index is 2.41. The Kier molecular flexibility index (Phi) is 1.29. The number of aliphatic hydroxyl groups excluding tert-OH is 1. The molecule has 48 valence electrons. The zero-order valence-corrected chi connectivity index (χ0v) is 5.44. The van der Waals surface area contributed by atoms with Gasteiger partial charge in [0.2, 0.25) is 0 Å². The van der Waals surface area contributed by atoms with E-state index in [0.29, 0.717) is 0 Å². The quantitative estimate of drug-likeness (QED) is 0.503. The van der Waals surface area contributed by atoms with Gasteiger partial charge in [-0.1, -0.05) is 6.92 Å². The summed E-state index contributed by atoms with van der Waals surface area (Å²) in [5.41, 5.74) is 0.167. The lowest BCUT2D eigenvalue weighted by Crippen LogP contribution is -2.57. The molecule has 1 aliphatic rings. The molecule has 0 aromatic rings. The molecule has 0 aliphatic carbocycles. The fourth-order valence-electron chi connectivity index (χ4n) is 0.815. The van der Waals surface area contributed by atoms with Crippen LogP contribution in [-0.4, -0.2) is 24.3 Å². The van der Waals surface area contributed by atoms with Crippen molar-refractivity contribution in [1.82, 2.24) is 5.32 Å². The van der Waals surface area contributed by atoms with E-state index >= 15 is 0 Å². The Hall–Kier alpha value is -0.0800. The first-order valence-electron chi connectivity index (χ1n) is 3.04. The van der Waals surface area contributed by atoms with Crippen molar-refractivity contribution in [3.8, 4) is 0 Å². The van der Waals surface area contributed by atoms with Gasteiger partial charge >= 0.3 is 0 Å². The Bertz CT molecular complexity index is 86.5. The normalized spacial score (nSPS) is 28.9. The summed E-state index contributed by atoms with van der Waals surface area (Å²) >= 11 is 0. The molecule has 1 fully saturated rings. The fraction of sp³-hybridized carbons (Fsp3) is 1.00. The Labute approximate surface area is 49.9 Å². The van der Waals surface area contributed by atoms with Crippen molar-refractivity contribution < 1.29 is 5.11 Å². The number of hydrogen-bond acceptors (Lipinski definition) is 2. The maximum Gasteiger partial charge on any atom is 0.0590 e. The third-order valence-corrected chi connectivity index (χ3v) is 2.07. The van der Waals surface area contributed by atoms with E-state index in [0.717, 1.165) is 13.1 Å². The Morgan fingerprint density at radius 2 is 2.12 bits per heavy atom. The van der Waals surface area contributed by atoms with Crippen molar-refractivity contribution in [2.24, 2.45) is 5.41 Å². The van der Waals surface area contributed by atoms with Crippen LogP contribution in [0.15, 0.2) is 0 Å². The zero-order valence-electron chi connectivity index (χ0n) is 5.44. The van der Waals surface area contributed by atoms with E-state index in [2.05, 4.69) is 12.2 Å². The molecule has 0 spiro atoms. The number of aliphatic hydroxyl groups is 1. The molecule has 1 unspecified atom stereocenters. The van der Waals surface area contributed by atoms with E-state index in [1.54, 1.807) is 0 Å². The van der Waals surface area contributed by atoms with Crippen molar-refractivity contribution in [2.75, 3.05) is 13.1 Å². The lowest BCUT2D eigenvalue weighted by molar-refractivity contribution is 0.0124. The molecule has 0 aromatic heterocycles. The van der Waals surface area contributed by atoms with Crippen molar-refractivity contribution in [3.05, 3.63) is 0 Å². The summed E-state index contributed by atoms with van der Waals surface area (Å²) in [4.78, 5) is 0. The molecule has 2 heteroatoms. The summed E-state index contributed by atoms with van der Waals surface area (Å²) in [5.74, 6) is 0. The van der Waals surface area contributed by atoms with E-state index in [-0.39, 0.29) is 11.5 Å². The van der Waals surface area contributed by atoms with Gasteiger partial charge in [-0.2, -0.15) is 0 Å². The average Bonchev–Trinajstić information content (AvgIpc) is 1.60. The van der Waals surface area contributed by atoms with Crippen LogP contribution in [0, 0.1) is 5.41 Å². The van der Waals surface area contributed by atoms with Crippen LogP contribution in [0.3, 0.4) is 0 Å². The van der Waals surface area contributed by atoms with Crippen molar-refractivity contribution in [1.29, 1.82) is 0 Å². The molecular weight excluding hydrogens is 102 g/mol. The summed E-state index contributed by atoms with van der Waals surface area (Å²) in [6.07, 6.45) is -0.163. The van der Waals surface area contributed by atoms with Crippen LogP contribution in [0.25, 0.3) is 0 Å². The largest absolute Gasteiger partial charge is 0.393 e. The highest BCUT2D eigenvalue weighted by Crippen LogP contribution is 2.25. The molecule has 0 amide bonds. The zero-order chi connectivity index (χ0) is 6.20. The minimum Gasteiger partial charge on any atom is -0.393 e. The third kappa shape index (κ3) is 0.740. The number of hydrogen-bond donors (Lipinski definition) is 2. The second-order valence-electron chi connectivity index (χ2n) is 2.93. The first-order valence-corrected chi connectivity index (χ1v) is 3.04. The van der Waals surface area contributed by atoms with Crippen LogP contribution < -0.4 is 5.32 Å². The van der Waals surface area contributed by atoms with Gasteiger partial charge in [-0.05, 0) is 6.92 Å². The Morgan fingerprint density at radius 1 is 1.62 bits per heavy atom. The van der Waals surface area contributed by atoms with E-state index in [1.165, 1.54) is 0 Å². The smallest absolute Gasteiger partial charge is 0.0590 e. The maximum absolute atomic E-state index is 9.09. The molecular formula is C6H13NO. The average molecular weight is 115 g/mol. The highest BCUT2D eigenvalue weighted by molar-refractivity contribution is 4.91. The minimum absolute atomic E-state index is 0.163. The van der Waals surface area contributed by atoms with E-state index < -0.39 is 0 Å². The van der Waals surface area contributed by atoms with Gasteiger partial charge in [0.25, 0.3) is 0 Å². The van der Waals surface area contributed by atoms with Gasteiger partial charge in [-0.25, -0.2) is 0 Å². The van der Waals surface area contributed by atoms with Gasteiger partial charge in [0, 0.05) is 18.5 Å². The monoisotopic (exact) mass is 115 g/mol. The molecule has 0 saturated carbocycles. The van der Waals surface area contributed by atoms with Gasteiger partial charge in [-0.15, -0.1) is 0 Å². The SMILES string of the molecule is CC(O)C1(C)CNC1. The molecule has 2 N–H and O–H groups in total. The van der Waals surface area contributed by atoms with E-state index in [4.69, 9.17) is 5.11 Å². The maximum atomic E-state index is 9.09.